The van der Waals surface area contributed by atoms with Gasteiger partial charge in [0, 0.05) is 12.1 Å². The van der Waals surface area contributed by atoms with E-state index >= 15 is 0 Å². The number of ether oxygens (including phenoxy) is 1. The number of hydrogen-bond acceptors (Lipinski definition) is 6. The number of aromatic nitrogens is 3. The van der Waals surface area contributed by atoms with E-state index in [0.717, 1.165) is 0 Å². The summed E-state index contributed by atoms with van der Waals surface area (Å²) in [5.74, 6) is 0.138. The molecule has 0 spiro atoms. The molecule has 0 bridgehead atoms. The zero-order chi connectivity index (χ0) is 12.4. The number of aliphatic hydroxyl groups is 1. The first-order chi connectivity index (χ1) is 8.17. The largest absolute Gasteiger partial charge is 0.490 e. The molecular weight excluding hydrogens is 228 g/mol. The van der Waals surface area contributed by atoms with E-state index in [0.29, 0.717) is 11.0 Å². The fourth-order valence-electron chi connectivity index (χ4n) is 1.55. The van der Waals surface area contributed by atoms with Gasteiger partial charge in [-0.1, -0.05) is 5.21 Å². The van der Waals surface area contributed by atoms with Gasteiger partial charge >= 0.3 is 5.69 Å². The van der Waals surface area contributed by atoms with Gasteiger partial charge in [-0.3, -0.25) is 10.1 Å². The van der Waals surface area contributed by atoms with Crippen molar-refractivity contribution in [2.45, 2.75) is 6.54 Å². The van der Waals surface area contributed by atoms with Gasteiger partial charge in [-0.25, -0.2) is 4.68 Å². The topological polar surface area (TPSA) is 103 Å². The van der Waals surface area contributed by atoms with E-state index in [9.17, 15) is 10.1 Å². The monoisotopic (exact) mass is 238 g/mol. The van der Waals surface area contributed by atoms with Crippen LogP contribution in [0.25, 0.3) is 11.0 Å². The predicted molar refractivity (Wildman–Crippen MR) is 57.8 cm³/mol. The lowest BCUT2D eigenvalue weighted by molar-refractivity contribution is -0.385. The van der Waals surface area contributed by atoms with Gasteiger partial charge in [-0.05, 0) is 0 Å². The summed E-state index contributed by atoms with van der Waals surface area (Å²) in [5, 5.41) is 27.3. The minimum absolute atomic E-state index is 0.113. The molecule has 90 valence electrons. The maximum atomic E-state index is 10.8. The van der Waals surface area contributed by atoms with Crippen LogP contribution in [0.2, 0.25) is 0 Å². The molecule has 1 heterocycles. The number of nitro benzene ring substituents is 1. The van der Waals surface area contributed by atoms with Crippen LogP contribution in [0.15, 0.2) is 12.1 Å². The SMILES string of the molecule is COc1cc2nnn(CCO)c2cc1[N+](=O)[O-]. The Morgan fingerprint density at radius 1 is 1.59 bits per heavy atom. The lowest BCUT2D eigenvalue weighted by Gasteiger charge is -2.02. The predicted octanol–water partition coefficient (Wildman–Crippen LogP) is 0.340. The average Bonchev–Trinajstić information content (AvgIpc) is 2.70. The Kier molecular flexibility index (Phi) is 2.88. The van der Waals surface area contributed by atoms with E-state index in [1.165, 1.54) is 23.9 Å². The van der Waals surface area contributed by atoms with Gasteiger partial charge in [0.2, 0.25) is 0 Å². The molecule has 0 radical (unpaired) electrons. The highest BCUT2D eigenvalue weighted by Crippen LogP contribution is 2.30. The Balaban J connectivity index is 2.64. The Morgan fingerprint density at radius 2 is 2.35 bits per heavy atom. The molecule has 8 heteroatoms. The van der Waals surface area contributed by atoms with Gasteiger partial charge in [0.25, 0.3) is 0 Å². The minimum atomic E-state index is -0.533. The maximum Gasteiger partial charge on any atom is 0.313 e. The smallest absolute Gasteiger partial charge is 0.313 e. The van der Waals surface area contributed by atoms with Crippen LogP contribution in [0.5, 0.6) is 5.75 Å². The Labute approximate surface area is 95.6 Å². The van der Waals surface area contributed by atoms with Crippen LogP contribution in [0, 0.1) is 10.1 Å². The van der Waals surface area contributed by atoms with Crippen LogP contribution >= 0.6 is 0 Å². The average molecular weight is 238 g/mol. The third kappa shape index (κ3) is 1.89. The highest BCUT2D eigenvalue weighted by Gasteiger charge is 2.18. The number of nitro groups is 1. The van der Waals surface area contributed by atoms with Gasteiger partial charge in [-0.2, -0.15) is 0 Å². The summed E-state index contributed by atoms with van der Waals surface area (Å²) in [7, 11) is 1.35. The first kappa shape index (κ1) is 11.3. The third-order valence-corrected chi connectivity index (χ3v) is 2.32. The number of methoxy groups -OCH3 is 1. The van der Waals surface area contributed by atoms with Crippen LogP contribution in [-0.4, -0.2) is 38.7 Å². The molecule has 1 N–H and O–H groups in total. The minimum Gasteiger partial charge on any atom is -0.490 e. The van der Waals surface area contributed by atoms with Crippen LogP contribution in [-0.2, 0) is 6.54 Å². The lowest BCUT2D eigenvalue weighted by Crippen LogP contribution is -2.04. The molecule has 0 aliphatic heterocycles. The van der Waals surface area contributed by atoms with Crippen molar-refractivity contribution in [2.75, 3.05) is 13.7 Å². The molecule has 1 aromatic carbocycles. The molecule has 0 aliphatic carbocycles. The first-order valence-corrected chi connectivity index (χ1v) is 4.84. The normalized spacial score (nSPS) is 10.7. The van der Waals surface area contributed by atoms with Crippen molar-refractivity contribution in [3.8, 4) is 5.75 Å². The number of aliphatic hydroxyl groups excluding tert-OH is 1. The van der Waals surface area contributed by atoms with Gasteiger partial charge in [0.05, 0.1) is 30.7 Å². The molecule has 0 fully saturated rings. The third-order valence-electron chi connectivity index (χ3n) is 2.32. The summed E-state index contributed by atoms with van der Waals surface area (Å²) >= 11 is 0. The molecule has 2 rings (SSSR count). The Morgan fingerprint density at radius 3 is 2.94 bits per heavy atom. The molecule has 0 atom stereocenters. The van der Waals surface area contributed by atoms with Gasteiger partial charge in [-0.15, -0.1) is 5.10 Å². The molecule has 0 saturated heterocycles. The van der Waals surface area contributed by atoms with Crippen molar-refractivity contribution in [2.24, 2.45) is 0 Å². The standard InChI is InChI=1S/C9H10N4O4/c1-17-9-4-6-7(5-8(9)13(15)16)12(2-3-14)11-10-6/h4-5,14H,2-3H2,1H3. The second kappa shape index (κ2) is 4.34. The maximum absolute atomic E-state index is 10.8. The van der Waals surface area contributed by atoms with Crippen LogP contribution < -0.4 is 4.74 Å². The lowest BCUT2D eigenvalue weighted by atomic mass is 10.2. The van der Waals surface area contributed by atoms with E-state index in [-0.39, 0.29) is 24.6 Å². The van der Waals surface area contributed by atoms with Crippen molar-refractivity contribution in [1.82, 2.24) is 15.0 Å². The van der Waals surface area contributed by atoms with Crippen LogP contribution in [0.4, 0.5) is 5.69 Å². The molecule has 0 saturated carbocycles. The molecule has 0 amide bonds. The van der Waals surface area contributed by atoms with Crippen molar-refractivity contribution in [1.29, 1.82) is 0 Å². The quantitative estimate of drug-likeness (QED) is 0.608. The number of rotatable bonds is 4. The number of fused-ring (bicyclic) bond motifs is 1. The fourth-order valence-corrected chi connectivity index (χ4v) is 1.55. The van der Waals surface area contributed by atoms with E-state index in [2.05, 4.69) is 10.3 Å². The summed E-state index contributed by atoms with van der Waals surface area (Å²) in [6.07, 6.45) is 0. The summed E-state index contributed by atoms with van der Waals surface area (Å²) in [5.41, 5.74) is 0.828. The van der Waals surface area contributed by atoms with E-state index in [1.54, 1.807) is 0 Å². The molecule has 1 aromatic heterocycles. The number of benzene rings is 1. The molecule has 8 nitrogen and oxygen atoms in total. The molecular formula is C9H10N4O4. The first-order valence-electron chi connectivity index (χ1n) is 4.84. The molecule has 0 aliphatic rings. The fraction of sp³-hybridized carbons (Fsp3) is 0.333. The number of nitrogens with zero attached hydrogens (tertiary/aromatic N) is 4. The second-order valence-corrected chi connectivity index (χ2v) is 3.31. The van der Waals surface area contributed by atoms with E-state index < -0.39 is 4.92 Å². The zero-order valence-corrected chi connectivity index (χ0v) is 9.03. The second-order valence-electron chi connectivity index (χ2n) is 3.31. The van der Waals surface area contributed by atoms with Crippen molar-refractivity contribution < 1.29 is 14.8 Å². The molecule has 2 aromatic rings. The Bertz CT molecular complexity index is 565. The van der Waals surface area contributed by atoms with E-state index in [4.69, 9.17) is 9.84 Å². The highest BCUT2D eigenvalue weighted by molar-refractivity contribution is 5.80. The summed E-state index contributed by atoms with van der Waals surface area (Å²) in [6.45, 7) is 0.123. The van der Waals surface area contributed by atoms with Crippen LogP contribution in [0.1, 0.15) is 0 Å². The summed E-state index contributed by atoms with van der Waals surface area (Å²) in [4.78, 5) is 10.3. The van der Waals surface area contributed by atoms with Crippen molar-refractivity contribution in [3.05, 3.63) is 22.2 Å². The molecule has 17 heavy (non-hydrogen) atoms. The van der Waals surface area contributed by atoms with Crippen LogP contribution in [0.3, 0.4) is 0 Å². The molecule has 0 unspecified atom stereocenters. The summed E-state index contributed by atoms with van der Waals surface area (Å²) < 4.78 is 6.32. The van der Waals surface area contributed by atoms with Crippen molar-refractivity contribution in [3.63, 3.8) is 0 Å². The number of hydrogen-bond donors (Lipinski definition) is 1. The van der Waals surface area contributed by atoms with Gasteiger partial charge < -0.3 is 9.84 Å². The zero-order valence-electron chi connectivity index (χ0n) is 9.03. The van der Waals surface area contributed by atoms with Gasteiger partial charge in [0.15, 0.2) is 5.75 Å². The van der Waals surface area contributed by atoms with E-state index in [1.807, 2.05) is 0 Å². The van der Waals surface area contributed by atoms with Gasteiger partial charge in [0.1, 0.15) is 5.52 Å². The highest BCUT2D eigenvalue weighted by atomic mass is 16.6. The Hall–Kier alpha value is -2.22. The summed E-state index contributed by atoms with van der Waals surface area (Å²) in [6, 6.07) is 2.79. The van der Waals surface area contributed by atoms with Crippen molar-refractivity contribution >= 4 is 16.7 Å².